The lowest BCUT2D eigenvalue weighted by Crippen LogP contribution is -2.64. The Morgan fingerprint density at radius 3 is 1.83 bits per heavy atom. The molecule has 0 spiro atoms. The number of hydrogen-bond acceptors (Lipinski definition) is 2. The Morgan fingerprint density at radius 2 is 1.11 bits per heavy atom. The minimum absolute atomic E-state index is 0.0126. The molecule has 0 bridgehead atoms. The monoisotopic (exact) mass is 581 g/mol. The molecule has 4 aliphatic rings. The Hall–Kier alpha value is -5.87. The van der Waals surface area contributed by atoms with E-state index in [0.29, 0.717) is 0 Å². The molecular weight excluding hydrogens is 560 g/mol. The third-order valence-corrected chi connectivity index (χ3v) is 11.3. The maximum absolute atomic E-state index is 6.79. The number of para-hydroxylation sites is 3. The molecule has 0 saturated carbocycles. The van der Waals surface area contributed by atoms with Gasteiger partial charge in [-0.3, -0.25) is 0 Å². The van der Waals surface area contributed by atoms with Crippen LogP contribution >= 0.6 is 0 Å². The minimum atomic E-state index is 0.0126. The summed E-state index contributed by atoms with van der Waals surface area (Å²) >= 11 is 0. The average molecular weight is 581 g/mol. The smallest absolute Gasteiger partial charge is 0.333 e. The number of anilines is 3. The summed E-state index contributed by atoms with van der Waals surface area (Å²) in [5.74, 6) is 0. The zero-order chi connectivity index (χ0) is 29.4. The summed E-state index contributed by atoms with van der Waals surface area (Å²) in [5.41, 5.74) is 19.0. The Balaban J connectivity index is 1.29. The van der Waals surface area contributed by atoms with Gasteiger partial charge in [0.15, 0.2) is 0 Å². The first kappa shape index (κ1) is 22.6. The zero-order valence-electron chi connectivity index (χ0n) is 24.5. The summed E-state index contributed by atoms with van der Waals surface area (Å²) in [6, 6.07) is 42.8. The molecule has 0 unspecified atom stereocenters. The number of fused-ring (bicyclic) bond motifs is 12. The molecular formula is C40H21B2N3O. The standard InChI is InChI=1S/C40H21B2N3O/c1-2-16-32-28(9-1)34-33(46-32)21-29-40-37(34)42-36-25(27-13-4-8-23-18-20-44(42)39(23)27)11-6-15-31(36)45(40)30-14-5-10-24-26-12-3-7-22-17-19-43(38(22)26)41(29)35(24)30/h1-21H. The molecule has 0 fully saturated rings. The van der Waals surface area contributed by atoms with Crippen molar-refractivity contribution in [2.24, 2.45) is 0 Å². The van der Waals surface area contributed by atoms with Gasteiger partial charge in [-0.05, 0) is 92.5 Å². The van der Waals surface area contributed by atoms with Crippen LogP contribution in [0.3, 0.4) is 0 Å². The number of nitrogens with zero attached hydrogens (tertiary/aromatic N) is 3. The zero-order valence-corrected chi connectivity index (χ0v) is 24.5. The first-order valence-corrected chi connectivity index (χ1v) is 16.1. The van der Waals surface area contributed by atoms with Crippen molar-refractivity contribution in [2.45, 2.75) is 0 Å². The van der Waals surface area contributed by atoms with Crippen LogP contribution in [0.1, 0.15) is 0 Å². The first-order valence-electron chi connectivity index (χ1n) is 16.1. The Bertz CT molecular complexity index is 2900. The number of furan rings is 1. The van der Waals surface area contributed by atoms with E-state index in [4.69, 9.17) is 4.42 Å². The highest BCUT2D eigenvalue weighted by molar-refractivity contribution is 6.95. The Kier molecular flexibility index (Phi) is 3.60. The lowest BCUT2D eigenvalue weighted by molar-refractivity contribution is 0.669. The van der Waals surface area contributed by atoms with Gasteiger partial charge in [0, 0.05) is 50.0 Å². The topological polar surface area (TPSA) is 26.2 Å². The van der Waals surface area contributed by atoms with Crippen LogP contribution in [0, 0.1) is 0 Å². The summed E-state index contributed by atoms with van der Waals surface area (Å²) in [4.78, 5) is 2.60. The van der Waals surface area contributed by atoms with Gasteiger partial charge in [-0.1, -0.05) is 78.9 Å². The van der Waals surface area contributed by atoms with Crippen LogP contribution < -0.4 is 26.8 Å². The molecule has 208 valence electrons. The van der Waals surface area contributed by atoms with Crippen LogP contribution in [0.5, 0.6) is 0 Å². The van der Waals surface area contributed by atoms with E-state index in [0.717, 1.165) is 11.2 Å². The van der Waals surface area contributed by atoms with E-state index < -0.39 is 0 Å². The van der Waals surface area contributed by atoms with Gasteiger partial charge in [0.25, 0.3) is 0 Å². The molecule has 13 rings (SSSR count). The van der Waals surface area contributed by atoms with E-state index in [1.54, 1.807) is 0 Å². The molecule has 0 saturated heterocycles. The van der Waals surface area contributed by atoms with Gasteiger partial charge in [0.2, 0.25) is 0 Å². The quantitative estimate of drug-likeness (QED) is 0.183. The van der Waals surface area contributed by atoms with Crippen molar-refractivity contribution in [1.82, 2.24) is 8.96 Å². The number of rotatable bonds is 0. The highest BCUT2D eigenvalue weighted by Gasteiger charge is 2.50. The molecule has 4 aliphatic heterocycles. The molecule has 0 atom stereocenters. The maximum atomic E-state index is 6.79. The number of hydrogen-bond donors (Lipinski definition) is 0. The lowest BCUT2D eigenvalue weighted by atomic mass is 9.39. The molecule has 7 heterocycles. The van der Waals surface area contributed by atoms with E-state index in [9.17, 15) is 0 Å². The fourth-order valence-corrected chi connectivity index (χ4v) is 9.73. The van der Waals surface area contributed by atoms with Crippen molar-refractivity contribution >= 4 is 96.4 Å². The van der Waals surface area contributed by atoms with E-state index in [1.165, 1.54) is 93.7 Å². The van der Waals surface area contributed by atoms with Crippen molar-refractivity contribution in [3.05, 3.63) is 128 Å². The predicted molar refractivity (Wildman–Crippen MR) is 191 cm³/mol. The highest BCUT2D eigenvalue weighted by Crippen LogP contribution is 2.47. The van der Waals surface area contributed by atoms with Crippen LogP contribution in [0.15, 0.2) is 132 Å². The molecule has 0 amide bonds. The van der Waals surface area contributed by atoms with Crippen molar-refractivity contribution in [1.29, 1.82) is 0 Å². The van der Waals surface area contributed by atoms with Gasteiger partial charge < -0.3 is 18.3 Å². The van der Waals surface area contributed by atoms with E-state index in [-0.39, 0.29) is 13.7 Å². The normalized spacial score (nSPS) is 14.4. The lowest BCUT2D eigenvalue weighted by Gasteiger charge is -2.46. The van der Waals surface area contributed by atoms with Crippen molar-refractivity contribution in [2.75, 3.05) is 4.90 Å². The van der Waals surface area contributed by atoms with E-state index in [1.807, 2.05) is 0 Å². The number of benzene rings is 6. The second kappa shape index (κ2) is 7.32. The first-order chi connectivity index (χ1) is 22.8. The van der Waals surface area contributed by atoms with Gasteiger partial charge in [-0.15, -0.1) is 0 Å². The minimum Gasteiger partial charge on any atom is -0.456 e. The van der Waals surface area contributed by atoms with Crippen LogP contribution in [-0.4, -0.2) is 22.7 Å². The third kappa shape index (κ3) is 2.30. The largest absolute Gasteiger partial charge is 0.456 e. The fourth-order valence-electron chi connectivity index (χ4n) is 9.73. The summed E-state index contributed by atoms with van der Waals surface area (Å²) in [7, 11) is 0. The second-order valence-electron chi connectivity index (χ2n) is 13.2. The van der Waals surface area contributed by atoms with Gasteiger partial charge >= 0.3 is 13.7 Å². The van der Waals surface area contributed by atoms with Gasteiger partial charge in [-0.25, -0.2) is 0 Å². The Labute approximate surface area is 263 Å². The van der Waals surface area contributed by atoms with Crippen LogP contribution in [0.25, 0.3) is 66.0 Å². The average Bonchev–Trinajstić information content (AvgIpc) is 3.83. The van der Waals surface area contributed by atoms with E-state index in [2.05, 4.69) is 142 Å². The maximum Gasteiger partial charge on any atom is 0.333 e. The van der Waals surface area contributed by atoms with Gasteiger partial charge in [0.1, 0.15) is 11.2 Å². The van der Waals surface area contributed by atoms with Crippen LogP contribution in [0.2, 0.25) is 0 Å². The molecule has 0 aliphatic carbocycles. The molecule has 0 radical (unpaired) electrons. The van der Waals surface area contributed by atoms with E-state index >= 15 is 0 Å². The third-order valence-electron chi connectivity index (χ3n) is 11.3. The molecule has 9 aromatic rings. The molecule has 0 N–H and O–H groups in total. The molecule has 46 heavy (non-hydrogen) atoms. The number of aromatic nitrogens is 2. The fraction of sp³-hybridized carbons (Fsp3) is 0. The molecule has 6 aromatic carbocycles. The summed E-state index contributed by atoms with van der Waals surface area (Å²) in [5, 5.41) is 4.96. The summed E-state index contributed by atoms with van der Waals surface area (Å²) in [6.45, 7) is 0.0464. The second-order valence-corrected chi connectivity index (χ2v) is 13.2. The van der Waals surface area contributed by atoms with Crippen LogP contribution in [0.4, 0.5) is 17.1 Å². The Morgan fingerprint density at radius 1 is 0.500 bits per heavy atom. The van der Waals surface area contributed by atoms with Crippen molar-refractivity contribution < 1.29 is 4.42 Å². The SMILES string of the molecule is c1cc2c3c(c1)N1c4cccc5c4B(c4c1c(cc1oc6ccccc6c41)B3n1ccc3cccc-2c31)n1ccc2cccc-5c21. The van der Waals surface area contributed by atoms with Gasteiger partial charge in [-0.2, -0.15) is 0 Å². The van der Waals surface area contributed by atoms with Crippen molar-refractivity contribution in [3.63, 3.8) is 0 Å². The summed E-state index contributed by atoms with van der Waals surface area (Å²) < 4.78 is 11.9. The highest BCUT2D eigenvalue weighted by atomic mass is 16.3. The van der Waals surface area contributed by atoms with Crippen LogP contribution in [-0.2, 0) is 0 Å². The van der Waals surface area contributed by atoms with Gasteiger partial charge in [0.05, 0.1) is 0 Å². The summed E-state index contributed by atoms with van der Waals surface area (Å²) in [6.07, 6.45) is 4.60. The molecule has 4 nitrogen and oxygen atoms in total. The van der Waals surface area contributed by atoms with Crippen molar-refractivity contribution in [3.8, 4) is 22.3 Å². The predicted octanol–water partition coefficient (Wildman–Crippen LogP) is 6.86. The molecule has 3 aromatic heterocycles. The molecule has 6 heteroatoms.